The number of thiophene rings is 1. The lowest BCUT2D eigenvalue weighted by atomic mass is 9.78. The monoisotopic (exact) mass is 334 g/mol. The highest BCUT2D eigenvalue weighted by Crippen LogP contribution is 2.38. The average molecular weight is 336 g/mol. The fraction of sp³-hybridized carbons (Fsp3) is 0. The van der Waals surface area contributed by atoms with Crippen LogP contribution in [0.5, 0.6) is 0 Å². The Morgan fingerprint density at radius 1 is 1.21 bits per heavy atom. The summed E-state index contributed by atoms with van der Waals surface area (Å²) in [5, 5.41) is 19.2. The molecule has 0 fully saturated rings. The second-order valence-electron chi connectivity index (χ2n) is 2.78. The molecule has 72 valence electrons. The molecule has 0 aliphatic heterocycles. The summed E-state index contributed by atoms with van der Waals surface area (Å²) in [4.78, 5) is 0. The lowest BCUT2D eigenvalue weighted by molar-refractivity contribution is 0.426. The maximum absolute atomic E-state index is 9.18. The largest absolute Gasteiger partial charge is 0.489 e. The van der Waals surface area contributed by atoms with Crippen LogP contribution in [0.25, 0.3) is 10.1 Å². The zero-order valence-electron chi connectivity index (χ0n) is 6.87. The molecule has 0 saturated carbocycles. The second-order valence-corrected chi connectivity index (χ2v) is 5.95. The highest BCUT2D eigenvalue weighted by Gasteiger charge is 2.18. The minimum atomic E-state index is -1.43. The molecular weight excluding hydrogens is 331 g/mol. The molecule has 0 spiro atoms. The molecule has 6 heteroatoms. The van der Waals surface area contributed by atoms with Crippen molar-refractivity contribution in [2.24, 2.45) is 0 Å². The van der Waals surface area contributed by atoms with Gasteiger partial charge in [-0.25, -0.2) is 0 Å². The van der Waals surface area contributed by atoms with Gasteiger partial charge in [-0.2, -0.15) is 0 Å². The van der Waals surface area contributed by atoms with E-state index in [-0.39, 0.29) is 0 Å². The van der Waals surface area contributed by atoms with Crippen LogP contribution < -0.4 is 5.46 Å². The van der Waals surface area contributed by atoms with Gasteiger partial charge in [0.25, 0.3) is 0 Å². The smallest absolute Gasteiger partial charge is 0.423 e. The van der Waals surface area contributed by atoms with Crippen molar-refractivity contribution in [1.82, 2.24) is 0 Å². The number of rotatable bonds is 1. The maximum Gasteiger partial charge on any atom is 0.489 e. The van der Waals surface area contributed by atoms with E-state index < -0.39 is 7.12 Å². The first-order chi connectivity index (χ1) is 6.61. The lowest BCUT2D eigenvalue weighted by Crippen LogP contribution is -2.30. The third kappa shape index (κ3) is 1.65. The van der Waals surface area contributed by atoms with Gasteiger partial charge in [0, 0.05) is 10.1 Å². The van der Waals surface area contributed by atoms with Crippen LogP contribution in [0, 0.1) is 0 Å². The van der Waals surface area contributed by atoms with Crippen LogP contribution in [-0.4, -0.2) is 17.2 Å². The van der Waals surface area contributed by atoms with Crippen LogP contribution in [0.4, 0.5) is 0 Å². The zero-order valence-corrected chi connectivity index (χ0v) is 10.9. The molecule has 0 aliphatic rings. The third-order valence-electron chi connectivity index (χ3n) is 1.93. The van der Waals surface area contributed by atoms with Gasteiger partial charge in [0.15, 0.2) is 0 Å². The van der Waals surface area contributed by atoms with Crippen molar-refractivity contribution in [3.63, 3.8) is 0 Å². The molecule has 0 radical (unpaired) electrons. The van der Waals surface area contributed by atoms with E-state index in [9.17, 15) is 10.0 Å². The maximum atomic E-state index is 9.18. The first-order valence-electron chi connectivity index (χ1n) is 3.84. The predicted octanol–water partition coefficient (Wildman–Crippen LogP) is 2.11. The van der Waals surface area contributed by atoms with Gasteiger partial charge in [0.2, 0.25) is 0 Å². The van der Waals surface area contributed by atoms with E-state index in [1.165, 1.54) is 0 Å². The summed E-state index contributed by atoms with van der Waals surface area (Å²) in [5.74, 6) is 0. The molecule has 14 heavy (non-hydrogen) atoms. The Kier molecular flexibility index (Phi) is 2.99. The summed E-state index contributed by atoms with van der Waals surface area (Å²) < 4.78 is 2.86. The molecule has 1 aromatic carbocycles. The molecule has 0 saturated heterocycles. The minimum absolute atomic E-state index is 0.524. The number of hydrogen-bond donors (Lipinski definition) is 2. The molecule has 0 aliphatic carbocycles. The van der Waals surface area contributed by atoms with Gasteiger partial charge >= 0.3 is 7.12 Å². The van der Waals surface area contributed by atoms with Gasteiger partial charge < -0.3 is 10.0 Å². The first kappa shape index (κ1) is 10.6. The van der Waals surface area contributed by atoms with Crippen molar-refractivity contribution in [3.05, 3.63) is 26.5 Å². The normalized spacial score (nSPS) is 10.9. The molecule has 0 atom stereocenters. The predicted molar refractivity (Wildman–Crippen MR) is 67.1 cm³/mol. The lowest BCUT2D eigenvalue weighted by Gasteiger charge is -2.01. The number of benzene rings is 1. The highest BCUT2D eigenvalue weighted by molar-refractivity contribution is 9.13. The Bertz CT molecular complexity index is 483. The van der Waals surface area contributed by atoms with Crippen LogP contribution in [0.1, 0.15) is 0 Å². The molecule has 1 aromatic heterocycles. The Balaban J connectivity index is 2.84. The second kappa shape index (κ2) is 3.94. The van der Waals surface area contributed by atoms with Crippen LogP contribution in [0.15, 0.2) is 26.5 Å². The quantitative estimate of drug-likeness (QED) is 0.784. The van der Waals surface area contributed by atoms with Gasteiger partial charge in [-0.15, -0.1) is 11.3 Å². The summed E-state index contributed by atoms with van der Waals surface area (Å²) in [6.07, 6.45) is 0. The molecule has 1 heterocycles. The van der Waals surface area contributed by atoms with Gasteiger partial charge in [-0.3, -0.25) is 0 Å². The molecular formula is C8H5BBr2O2S. The van der Waals surface area contributed by atoms with Crippen LogP contribution in [0.2, 0.25) is 0 Å². The van der Waals surface area contributed by atoms with E-state index >= 15 is 0 Å². The Labute approximate surface area is 102 Å². The zero-order chi connectivity index (χ0) is 10.3. The summed E-state index contributed by atoms with van der Waals surface area (Å²) >= 11 is 8.37. The van der Waals surface area contributed by atoms with E-state index in [1.54, 1.807) is 17.4 Å². The highest BCUT2D eigenvalue weighted by atomic mass is 79.9. The summed E-state index contributed by atoms with van der Waals surface area (Å²) in [5.41, 5.74) is 0.524. The van der Waals surface area contributed by atoms with Crippen molar-refractivity contribution < 1.29 is 10.0 Å². The van der Waals surface area contributed by atoms with Crippen molar-refractivity contribution in [1.29, 1.82) is 0 Å². The van der Waals surface area contributed by atoms with E-state index in [4.69, 9.17) is 0 Å². The fourth-order valence-electron chi connectivity index (χ4n) is 1.32. The van der Waals surface area contributed by atoms with Crippen LogP contribution in [-0.2, 0) is 0 Å². The molecule has 0 bridgehead atoms. The first-order valence-corrected chi connectivity index (χ1v) is 6.24. The fourth-order valence-corrected chi connectivity index (χ4v) is 3.71. The molecule has 2 rings (SSSR count). The minimum Gasteiger partial charge on any atom is -0.423 e. The molecule has 0 amide bonds. The summed E-state index contributed by atoms with van der Waals surface area (Å²) in [6.45, 7) is 0. The van der Waals surface area contributed by atoms with Gasteiger partial charge in [-0.1, -0.05) is 12.1 Å². The van der Waals surface area contributed by atoms with E-state index in [1.807, 2.05) is 12.1 Å². The molecule has 2 nitrogen and oxygen atoms in total. The number of fused-ring (bicyclic) bond motifs is 1. The third-order valence-corrected chi connectivity index (χ3v) is 5.34. The van der Waals surface area contributed by atoms with E-state index in [0.29, 0.717) is 5.46 Å². The topological polar surface area (TPSA) is 40.5 Å². The molecule has 0 unspecified atom stereocenters. The Morgan fingerprint density at radius 2 is 1.93 bits per heavy atom. The SMILES string of the molecule is OB(O)c1cccc2sc(Br)c(Br)c12. The van der Waals surface area contributed by atoms with Crippen LogP contribution in [0.3, 0.4) is 0 Å². The van der Waals surface area contributed by atoms with E-state index in [2.05, 4.69) is 31.9 Å². The van der Waals surface area contributed by atoms with Gasteiger partial charge in [0.05, 0.1) is 8.26 Å². The average Bonchev–Trinajstić information content (AvgIpc) is 2.43. The summed E-state index contributed by atoms with van der Waals surface area (Å²) in [6, 6.07) is 5.46. The van der Waals surface area contributed by atoms with Crippen molar-refractivity contribution in [3.8, 4) is 0 Å². The van der Waals surface area contributed by atoms with Crippen LogP contribution >= 0.6 is 43.2 Å². The van der Waals surface area contributed by atoms with Gasteiger partial charge in [0.1, 0.15) is 0 Å². The Morgan fingerprint density at radius 3 is 2.57 bits per heavy atom. The number of hydrogen-bond acceptors (Lipinski definition) is 3. The van der Waals surface area contributed by atoms with Crippen molar-refractivity contribution >= 4 is 65.9 Å². The van der Waals surface area contributed by atoms with Crippen molar-refractivity contribution in [2.45, 2.75) is 0 Å². The summed E-state index contributed by atoms with van der Waals surface area (Å²) in [7, 11) is -1.43. The van der Waals surface area contributed by atoms with Gasteiger partial charge in [-0.05, 0) is 43.4 Å². The number of halogens is 2. The Hall–Kier alpha value is 0.125. The standard InChI is InChI=1S/C8H5BBr2O2S/c10-7-6-4(9(12)13)2-1-3-5(6)14-8(7)11/h1-3,12-13H. The molecule has 2 N–H and O–H groups in total. The van der Waals surface area contributed by atoms with E-state index in [0.717, 1.165) is 18.3 Å². The molecule has 2 aromatic rings. The van der Waals surface area contributed by atoms with Crippen molar-refractivity contribution in [2.75, 3.05) is 0 Å².